The highest BCUT2D eigenvalue weighted by Crippen LogP contribution is 2.31. The number of nitrogen functional groups attached to an aromatic ring is 1. The number of nitrogens with two attached hydrogens (primary N) is 1. The molecule has 1 aromatic rings. The van der Waals surface area contributed by atoms with Gasteiger partial charge in [0.1, 0.15) is 0 Å². The Morgan fingerprint density at radius 2 is 2.26 bits per heavy atom. The third-order valence-corrected chi connectivity index (χ3v) is 2.95. The molecule has 1 saturated carbocycles. The second-order valence-corrected chi connectivity index (χ2v) is 4.46. The van der Waals surface area contributed by atoms with Crippen LogP contribution in [0.25, 0.3) is 0 Å². The van der Waals surface area contributed by atoms with Gasteiger partial charge < -0.3 is 10.5 Å². The highest BCUT2D eigenvalue weighted by atomic mass is 16.5. The van der Waals surface area contributed by atoms with E-state index in [1.165, 1.54) is 45.0 Å². The summed E-state index contributed by atoms with van der Waals surface area (Å²) in [6, 6.07) is 0. The Morgan fingerprint density at radius 3 is 2.68 bits per heavy atom. The minimum Gasteiger partial charge on any atom is -0.494 e. The van der Waals surface area contributed by atoms with Crippen molar-refractivity contribution in [2.45, 2.75) is 26.2 Å². The minimum atomic E-state index is 0.226. The van der Waals surface area contributed by atoms with Crippen molar-refractivity contribution >= 4 is 17.6 Å². The van der Waals surface area contributed by atoms with Gasteiger partial charge in [0.25, 0.3) is 0 Å². The van der Waals surface area contributed by atoms with Gasteiger partial charge in [0, 0.05) is 19.5 Å². The van der Waals surface area contributed by atoms with Crippen LogP contribution in [0, 0.1) is 11.3 Å². The normalized spacial score (nSPS) is 13.8. The summed E-state index contributed by atoms with van der Waals surface area (Å²) in [6.45, 7) is 2.26. The largest absolute Gasteiger partial charge is 0.494 e. The number of aromatic nitrogens is 1. The number of nitrogens with one attached hydrogen (secondary N) is 1. The van der Waals surface area contributed by atoms with Crippen molar-refractivity contribution in [1.82, 2.24) is 4.98 Å². The number of hydrogen-bond acceptors (Lipinski definition) is 5. The predicted molar refractivity (Wildman–Crippen MR) is 79.5 cm³/mol. The zero-order valence-corrected chi connectivity index (χ0v) is 11.8. The topological polar surface area (TPSA) is 84.4 Å². The van der Waals surface area contributed by atoms with E-state index in [2.05, 4.69) is 16.9 Å². The summed E-state index contributed by atoms with van der Waals surface area (Å²) in [6.07, 6.45) is 8.86. The third kappa shape index (κ3) is 4.69. The Labute approximate surface area is 114 Å². The molecule has 1 heterocycles. The van der Waals surface area contributed by atoms with E-state index in [0.29, 0.717) is 17.0 Å². The lowest BCUT2D eigenvalue weighted by molar-refractivity contribution is 0.415. The molecule has 0 aromatic carbocycles. The maximum absolute atomic E-state index is 7.65. The molecule has 0 bridgehead atoms. The third-order valence-electron chi connectivity index (χ3n) is 2.95. The monoisotopic (exact) mass is 262 g/mol. The summed E-state index contributed by atoms with van der Waals surface area (Å²) >= 11 is 0. The molecule has 5 heteroatoms. The van der Waals surface area contributed by atoms with E-state index in [1.807, 2.05) is 0 Å². The van der Waals surface area contributed by atoms with Gasteiger partial charge in [-0.3, -0.25) is 15.4 Å². The molecule has 3 N–H and O–H groups in total. The highest BCUT2D eigenvalue weighted by molar-refractivity contribution is 6.37. The molecule has 1 aliphatic rings. The summed E-state index contributed by atoms with van der Waals surface area (Å²) in [5.41, 5.74) is 6.82. The maximum atomic E-state index is 7.65. The van der Waals surface area contributed by atoms with Crippen molar-refractivity contribution in [3.05, 3.63) is 18.0 Å². The summed E-state index contributed by atoms with van der Waals surface area (Å²) in [5.74, 6) is 1.60. The lowest BCUT2D eigenvalue weighted by Crippen LogP contribution is -2.06. The van der Waals surface area contributed by atoms with Crippen LogP contribution in [0.15, 0.2) is 17.4 Å². The fraction of sp³-hybridized carbons (Fsp3) is 0.500. The zero-order valence-electron chi connectivity index (χ0n) is 11.8. The SMILES string of the molecule is CCC1CC1.CN=CC(=N)c1cncc(N)c1OC. The van der Waals surface area contributed by atoms with Crippen LogP contribution in [0.5, 0.6) is 5.75 Å². The molecule has 1 aromatic heterocycles. The van der Waals surface area contributed by atoms with Crippen LogP contribution >= 0.6 is 0 Å². The van der Waals surface area contributed by atoms with Crippen LogP contribution in [0.1, 0.15) is 31.7 Å². The molecule has 0 saturated heterocycles. The molecule has 0 atom stereocenters. The number of hydrogen-bond donors (Lipinski definition) is 2. The maximum Gasteiger partial charge on any atom is 0.154 e. The predicted octanol–water partition coefficient (Wildman–Crippen LogP) is 2.55. The molecule has 0 radical (unpaired) electrons. The van der Waals surface area contributed by atoms with Crippen molar-refractivity contribution in [3.8, 4) is 5.75 Å². The summed E-state index contributed by atoms with van der Waals surface area (Å²) in [7, 11) is 3.10. The minimum absolute atomic E-state index is 0.226. The molecular formula is C14H22N4O. The van der Waals surface area contributed by atoms with Gasteiger partial charge in [-0.25, -0.2) is 0 Å². The molecule has 0 spiro atoms. The molecule has 5 nitrogen and oxygen atoms in total. The van der Waals surface area contributed by atoms with Gasteiger partial charge in [-0.2, -0.15) is 0 Å². The van der Waals surface area contributed by atoms with E-state index < -0.39 is 0 Å². The summed E-state index contributed by atoms with van der Waals surface area (Å²) in [4.78, 5) is 7.63. The van der Waals surface area contributed by atoms with Crippen LogP contribution in [-0.4, -0.2) is 31.1 Å². The summed E-state index contributed by atoms with van der Waals surface area (Å²) < 4.78 is 5.08. The number of rotatable bonds is 4. The van der Waals surface area contributed by atoms with E-state index in [4.69, 9.17) is 15.9 Å². The van der Waals surface area contributed by atoms with Crippen LogP contribution < -0.4 is 10.5 Å². The Hall–Kier alpha value is -1.91. The first-order chi connectivity index (χ1) is 9.13. The Bertz CT molecular complexity index is 453. The van der Waals surface area contributed by atoms with E-state index >= 15 is 0 Å². The average molecular weight is 262 g/mol. The van der Waals surface area contributed by atoms with Crippen LogP contribution in [0.2, 0.25) is 0 Å². The molecule has 0 aliphatic heterocycles. The first-order valence-electron chi connectivity index (χ1n) is 6.42. The Morgan fingerprint density at radius 1 is 1.58 bits per heavy atom. The van der Waals surface area contributed by atoms with E-state index in [1.54, 1.807) is 7.05 Å². The second kappa shape index (κ2) is 7.51. The van der Waals surface area contributed by atoms with E-state index in [0.717, 1.165) is 5.92 Å². The van der Waals surface area contributed by atoms with Gasteiger partial charge >= 0.3 is 0 Å². The Kier molecular flexibility index (Phi) is 5.99. The molecule has 1 fully saturated rings. The van der Waals surface area contributed by atoms with Crippen molar-refractivity contribution in [2.75, 3.05) is 19.9 Å². The van der Waals surface area contributed by atoms with Gasteiger partial charge in [0.2, 0.25) is 0 Å². The van der Waals surface area contributed by atoms with E-state index in [9.17, 15) is 0 Å². The van der Waals surface area contributed by atoms with Gasteiger partial charge in [-0.1, -0.05) is 26.2 Å². The van der Waals surface area contributed by atoms with Gasteiger partial charge in [0.15, 0.2) is 5.75 Å². The van der Waals surface area contributed by atoms with Crippen molar-refractivity contribution in [1.29, 1.82) is 5.41 Å². The fourth-order valence-corrected chi connectivity index (χ4v) is 1.61. The van der Waals surface area contributed by atoms with Crippen molar-refractivity contribution < 1.29 is 4.74 Å². The van der Waals surface area contributed by atoms with Crippen LogP contribution in [0.3, 0.4) is 0 Å². The molecule has 19 heavy (non-hydrogen) atoms. The number of ether oxygens (including phenoxy) is 1. The molecule has 1 aliphatic carbocycles. The quantitative estimate of drug-likeness (QED) is 0.818. The molecule has 2 rings (SSSR count). The van der Waals surface area contributed by atoms with Crippen LogP contribution in [-0.2, 0) is 0 Å². The molecule has 104 valence electrons. The van der Waals surface area contributed by atoms with E-state index in [-0.39, 0.29) is 5.71 Å². The van der Waals surface area contributed by atoms with Crippen LogP contribution in [0.4, 0.5) is 5.69 Å². The number of pyridine rings is 1. The standard InChI is InChI=1S/C9H12N4O.C5H10/c1-12-4-7(10)6-3-13-5-8(11)9(6)14-2;1-2-5-3-4-5/h3-5,10H,11H2,1-2H3;5H,2-4H2,1H3. The van der Waals surface area contributed by atoms with Crippen molar-refractivity contribution in [3.63, 3.8) is 0 Å². The van der Waals surface area contributed by atoms with Gasteiger partial charge in [0.05, 0.1) is 30.3 Å². The first-order valence-corrected chi connectivity index (χ1v) is 6.42. The number of aliphatic imine (C=N–C) groups is 1. The Balaban J connectivity index is 0.000000300. The molecular weight excluding hydrogens is 240 g/mol. The molecule has 0 unspecified atom stereocenters. The van der Waals surface area contributed by atoms with Crippen molar-refractivity contribution in [2.24, 2.45) is 10.9 Å². The highest BCUT2D eigenvalue weighted by Gasteiger charge is 2.17. The number of anilines is 1. The second-order valence-electron chi connectivity index (χ2n) is 4.46. The number of methoxy groups -OCH3 is 1. The van der Waals surface area contributed by atoms with Gasteiger partial charge in [-0.15, -0.1) is 0 Å². The average Bonchev–Trinajstić information content (AvgIpc) is 3.23. The lowest BCUT2D eigenvalue weighted by Gasteiger charge is -2.08. The lowest BCUT2D eigenvalue weighted by atomic mass is 10.1. The van der Waals surface area contributed by atoms with Gasteiger partial charge in [-0.05, 0) is 5.92 Å². The fourth-order valence-electron chi connectivity index (χ4n) is 1.61. The summed E-state index contributed by atoms with van der Waals surface area (Å²) in [5, 5.41) is 7.65. The smallest absolute Gasteiger partial charge is 0.154 e. The first kappa shape index (κ1) is 15.1. The zero-order chi connectivity index (χ0) is 14.3. The molecule has 0 amide bonds. The number of nitrogens with zero attached hydrogens (tertiary/aromatic N) is 2.